The molecule has 0 saturated carbocycles. The standard InChI is InChI=1S/C10H17NS/c1-3-5-9(11-2)8-10-6-4-7-12-10/h4,6-7,9,11H,3,5,8H2,1-2H3. The van der Waals surface area contributed by atoms with Crippen LogP contribution >= 0.6 is 11.3 Å². The van der Waals surface area contributed by atoms with Crippen LogP contribution in [0, 0.1) is 0 Å². The second-order valence-electron chi connectivity index (χ2n) is 3.06. The lowest BCUT2D eigenvalue weighted by atomic mass is 10.1. The van der Waals surface area contributed by atoms with Crippen molar-refractivity contribution >= 4 is 11.3 Å². The first-order valence-electron chi connectivity index (χ1n) is 4.56. The van der Waals surface area contributed by atoms with Gasteiger partial charge in [0.15, 0.2) is 0 Å². The molecule has 2 heteroatoms. The van der Waals surface area contributed by atoms with Crippen molar-refractivity contribution in [2.75, 3.05) is 7.05 Å². The SMILES string of the molecule is CCCC(Cc1cccs1)NC. The molecule has 68 valence electrons. The van der Waals surface area contributed by atoms with Crippen molar-refractivity contribution < 1.29 is 0 Å². The molecule has 0 aliphatic rings. The van der Waals surface area contributed by atoms with Gasteiger partial charge in [-0.3, -0.25) is 0 Å². The highest BCUT2D eigenvalue weighted by molar-refractivity contribution is 7.09. The van der Waals surface area contributed by atoms with Crippen LogP contribution in [0.15, 0.2) is 17.5 Å². The highest BCUT2D eigenvalue weighted by Gasteiger charge is 2.05. The fourth-order valence-electron chi connectivity index (χ4n) is 1.37. The maximum atomic E-state index is 3.35. The Labute approximate surface area is 78.8 Å². The maximum Gasteiger partial charge on any atom is 0.0112 e. The van der Waals surface area contributed by atoms with E-state index in [0.717, 1.165) is 0 Å². The molecule has 1 aromatic heterocycles. The highest BCUT2D eigenvalue weighted by atomic mass is 32.1. The molecule has 1 N–H and O–H groups in total. The van der Waals surface area contributed by atoms with Gasteiger partial charge in [0.05, 0.1) is 0 Å². The van der Waals surface area contributed by atoms with Gasteiger partial charge < -0.3 is 5.32 Å². The lowest BCUT2D eigenvalue weighted by Crippen LogP contribution is -2.26. The molecule has 1 rings (SSSR count). The Bertz CT molecular complexity index is 194. The van der Waals surface area contributed by atoms with Gasteiger partial charge in [-0.1, -0.05) is 19.4 Å². The number of thiophene rings is 1. The van der Waals surface area contributed by atoms with E-state index in [1.54, 1.807) is 0 Å². The fourth-order valence-corrected chi connectivity index (χ4v) is 2.15. The fraction of sp³-hybridized carbons (Fsp3) is 0.600. The zero-order valence-corrected chi connectivity index (χ0v) is 8.66. The predicted molar refractivity (Wildman–Crippen MR) is 55.8 cm³/mol. The first kappa shape index (κ1) is 9.75. The summed E-state index contributed by atoms with van der Waals surface area (Å²) >= 11 is 1.85. The van der Waals surface area contributed by atoms with Gasteiger partial charge in [-0.25, -0.2) is 0 Å². The first-order chi connectivity index (χ1) is 5.86. The van der Waals surface area contributed by atoms with Gasteiger partial charge in [-0.15, -0.1) is 11.3 Å². The molecular formula is C10H17NS. The molecule has 0 amide bonds. The van der Waals surface area contributed by atoms with Gasteiger partial charge in [-0.2, -0.15) is 0 Å². The monoisotopic (exact) mass is 183 g/mol. The zero-order chi connectivity index (χ0) is 8.81. The van der Waals surface area contributed by atoms with Crippen molar-refractivity contribution in [1.29, 1.82) is 0 Å². The summed E-state index contributed by atoms with van der Waals surface area (Å²) in [7, 11) is 2.05. The van der Waals surface area contributed by atoms with Crippen molar-refractivity contribution in [2.45, 2.75) is 32.2 Å². The summed E-state index contributed by atoms with van der Waals surface area (Å²) in [5.74, 6) is 0. The molecule has 1 aromatic rings. The van der Waals surface area contributed by atoms with E-state index >= 15 is 0 Å². The van der Waals surface area contributed by atoms with Crippen LogP contribution in [-0.2, 0) is 6.42 Å². The van der Waals surface area contributed by atoms with E-state index in [9.17, 15) is 0 Å². The Morgan fingerprint density at radius 1 is 1.58 bits per heavy atom. The average Bonchev–Trinajstić information content (AvgIpc) is 2.56. The normalized spacial score (nSPS) is 13.2. The van der Waals surface area contributed by atoms with E-state index < -0.39 is 0 Å². The Kier molecular flexibility index (Phi) is 4.33. The van der Waals surface area contributed by atoms with Crippen LogP contribution in [0.2, 0.25) is 0 Å². The van der Waals surface area contributed by atoms with Crippen LogP contribution in [-0.4, -0.2) is 13.1 Å². The molecule has 12 heavy (non-hydrogen) atoms. The number of likely N-dealkylation sites (N-methyl/N-ethyl adjacent to an activating group) is 1. The van der Waals surface area contributed by atoms with Crippen LogP contribution in [0.1, 0.15) is 24.6 Å². The molecule has 0 aromatic carbocycles. The minimum absolute atomic E-state index is 0.661. The molecule has 1 heterocycles. The summed E-state index contributed by atoms with van der Waals surface area (Å²) in [4.78, 5) is 1.49. The van der Waals surface area contributed by atoms with Crippen molar-refractivity contribution in [3.05, 3.63) is 22.4 Å². The van der Waals surface area contributed by atoms with E-state index in [4.69, 9.17) is 0 Å². The predicted octanol–water partition coefficient (Wildman–Crippen LogP) is 2.68. The van der Waals surface area contributed by atoms with Crippen molar-refractivity contribution in [2.24, 2.45) is 0 Å². The number of hydrogen-bond acceptors (Lipinski definition) is 2. The largest absolute Gasteiger partial charge is 0.317 e. The molecule has 1 nitrogen and oxygen atoms in total. The van der Waals surface area contributed by atoms with E-state index in [2.05, 4.69) is 29.8 Å². The van der Waals surface area contributed by atoms with E-state index in [-0.39, 0.29) is 0 Å². The average molecular weight is 183 g/mol. The molecule has 0 aliphatic carbocycles. The minimum atomic E-state index is 0.661. The Hall–Kier alpha value is -0.340. The smallest absolute Gasteiger partial charge is 0.0112 e. The zero-order valence-electron chi connectivity index (χ0n) is 7.84. The van der Waals surface area contributed by atoms with Gasteiger partial charge in [0.2, 0.25) is 0 Å². The summed E-state index contributed by atoms with van der Waals surface area (Å²) in [6, 6.07) is 5.00. The number of hydrogen-bond donors (Lipinski definition) is 1. The molecule has 1 unspecified atom stereocenters. The van der Waals surface area contributed by atoms with Crippen molar-refractivity contribution in [3.63, 3.8) is 0 Å². The summed E-state index contributed by atoms with van der Waals surface area (Å²) in [6.45, 7) is 2.23. The quantitative estimate of drug-likeness (QED) is 0.740. The van der Waals surface area contributed by atoms with Crippen molar-refractivity contribution in [3.8, 4) is 0 Å². The summed E-state index contributed by atoms with van der Waals surface area (Å²) in [6.07, 6.45) is 3.72. The number of nitrogens with one attached hydrogen (secondary N) is 1. The van der Waals surface area contributed by atoms with Gasteiger partial charge in [-0.05, 0) is 31.3 Å². The second kappa shape index (κ2) is 5.33. The van der Waals surface area contributed by atoms with Crippen LogP contribution < -0.4 is 5.32 Å². The van der Waals surface area contributed by atoms with Gasteiger partial charge in [0, 0.05) is 10.9 Å². The molecule has 0 radical (unpaired) electrons. The molecule has 0 bridgehead atoms. The summed E-state index contributed by atoms with van der Waals surface area (Å²) in [5.41, 5.74) is 0. The molecule has 0 aliphatic heterocycles. The van der Waals surface area contributed by atoms with Crippen molar-refractivity contribution in [1.82, 2.24) is 5.32 Å². The Balaban J connectivity index is 2.37. The first-order valence-corrected chi connectivity index (χ1v) is 5.44. The number of rotatable bonds is 5. The van der Waals surface area contributed by atoms with Crippen LogP contribution in [0.3, 0.4) is 0 Å². The van der Waals surface area contributed by atoms with Crippen LogP contribution in [0.5, 0.6) is 0 Å². The van der Waals surface area contributed by atoms with Gasteiger partial charge in [0.1, 0.15) is 0 Å². The summed E-state index contributed by atoms with van der Waals surface area (Å²) < 4.78 is 0. The van der Waals surface area contributed by atoms with E-state index in [1.807, 2.05) is 18.4 Å². The van der Waals surface area contributed by atoms with Crippen LogP contribution in [0.25, 0.3) is 0 Å². The molecule has 1 atom stereocenters. The third-order valence-electron chi connectivity index (χ3n) is 2.07. The second-order valence-corrected chi connectivity index (χ2v) is 4.09. The summed E-state index contributed by atoms with van der Waals surface area (Å²) in [5, 5.41) is 5.49. The topological polar surface area (TPSA) is 12.0 Å². The molecule has 0 saturated heterocycles. The molecule has 0 spiro atoms. The van der Waals surface area contributed by atoms with Crippen LogP contribution in [0.4, 0.5) is 0 Å². The minimum Gasteiger partial charge on any atom is -0.317 e. The Morgan fingerprint density at radius 2 is 2.42 bits per heavy atom. The van der Waals surface area contributed by atoms with Gasteiger partial charge in [0.25, 0.3) is 0 Å². The lowest BCUT2D eigenvalue weighted by Gasteiger charge is -2.13. The lowest BCUT2D eigenvalue weighted by molar-refractivity contribution is 0.517. The van der Waals surface area contributed by atoms with Gasteiger partial charge >= 0.3 is 0 Å². The van der Waals surface area contributed by atoms with E-state index in [1.165, 1.54) is 24.1 Å². The third kappa shape index (κ3) is 2.95. The Morgan fingerprint density at radius 3 is 2.92 bits per heavy atom. The maximum absolute atomic E-state index is 3.35. The molecular weight excluding hydrogens is 166 g/mol. The van der Waals surface area contributed by atoms with E-state index in [0.29, 0.717) is 6.04 Å². The highest BCUT2D eigenvalue weighted by Crippen LogP contribution is 2.12. The molecule has 0 fully saturated rings. The third-order valence-corrected chi connectivity index (χ3v) is 2.97.